The number of benzene rings is 2. The van der Waals surface area contributed by atoms with Gasteiger partial charge in [-0.05, 0) is 47.7 Å². The number of amidine groups is 1. The SMILES string of the molecule is CN1C(=O)/C(=C\c2ccc([N+](=O)[O-])cc2)SC1=Nc1ccc(F)cc1F. The van der Waals surface area contributed by atoms with Crippen LogP contribution in [0.3, 0.4) is 0 Å². The Balaban J connectivity index is 1.88. The van der Waals surface area contributed by atoms with Crippen LogP contribution in [0, 0.1) is 21.7 Å². The van der Waals surface area contributed by atoms with Crippen LogP contribution in [0.4, 0.5) is 20.2 Å². The van der Waals surface area contributed by atoms with E-state index in [2.05, 4.69) is 4.99 Å². The number of thioether (sulfide) groups is 1. The fourth-order valence-corrected chi connectivity index (χ4v) is 3.15. The van der Waals surface area contributed by atoms with Crippen LogP contribution in [0.15, 0.2) is 52.4 Å². The Bertz CT molecular complexity index is 958. The van der Waals surface area contributed by atoms with Crippen molar-refractivity contribution >= 4 is 40.3 Å². The van der Waals surface area contributed by atoms with E-state index in [9.17, 15) is 23.7 Å². The van der Waals surface area contributed by atoms with Crippen LogP contribution in [0.5, 0.6) is 0 Å². The molecular weight excluding hydrogens is 364 g/mol. The van der Waals surface area contributed by atoms with Crippen molar-refractivity contribution < 1.29 is 18.5 Å². The van der Waals surface area contributed by atoms with Crippen LogP contribution in [0.25, 0.3) is 6.08 Å². The van der Waals surface area contributed by atoms with E-state index in [0.29, 0.717) is 16.5 Å². The number of amides is 1. The summed E-state index contributed by atoms with van der Waals surface area (Å²) in [5.74, 6) is -1.88. The summed E-state index contributed by atoms with van der Waals surface area (Å²) >= 11 is 1.03. The fraction of sp³-hybridized carbons (Fsp3) is 0.0588. The molecule has 2 aromatic rings. The Labute approximate surface area is 151 Å². The molecule has 0 N–H and O–H groups in total. The standard InChI is InChI=1S/C17H11F2N3O3S/c1-21-16(23)15(8-10-2-5-12(6-3-10)22(24)25)26-17(21)20-14-7-4-11(18)9-13(14)19/h2-9H,1H3/b15-8+,20-17?. The molecule has 2 aromatic carbocycles. The Kier molecular flexibility index (Phi) is 4.81. The van der Waals surface area contributed by atoms with Crippen molar-refractivity contribution in [3.63, 3.8) is 0 Å². The third kappa shape index (κ3) is 3.62. The van der Waals surface area contributed by atoms with Crippen LogP contribution in [-0.4, -0.2) is 27.9 Å². The van der Waals surface area contributed by atoms with E-state index in [1.807, 2.05) is 0 Å². The molecule has 26 heavy (non-hydrogen) atoms. The number of likely N-dealkylation sites (N-methyl/N-ethyl adjacent to an activating group) is 1. The first kappa shape index (κ1) is 17.7. The van der Waals surface area contributed by atoms with Crippen LogP contribution < -0.4 is 0 Å². The molecular formula is C17H11F2N3O3S. The Morgan fingerprint density at radius 2 is 1.88 bits per heavy atom. The molecule has 0 aromatic heterocycles. The highest BCUT2D eigenvalue weighted by molar-refractivity contribution is 8.18. The molecule has 1 aliphatic heterocycles. The van der Waals surface area contributed by atoms with Gasteiger partial charge in [-0.15, -0.1) is 0 Å². The zero-order chi connectivity index (χ0) is 18.8. The molecule has 1 amide bonds. The summed E-state index contributed by atoms with van der Waals surface area (Å²) in [7, 11) is 1.49. The molecule has 0 saturated carbocycles. The van der Waals surface area contributed by atoms with Crippen molar-refractivity contribution in [1.82, 2.24) is 4.90 Å². The average molecular weight is 375 g/mol. The number of rotatable bonds is 3. The van der Waals surface area contributed by atoms with E-state index in [1.54, 1.807) is 6.08 Å². The molecule has 1 heterocycles. The quantitative estimate of drug-likeness (QED) is 0.460. The number of hydrogen-bond donors (Lipinski definition) is 0. The van der Waals surface area contributed by atoms with Gasteiger partial charge in [0.15, 0.2) is 11.0 Å². The summed E-state index contributed by atoms with van der Waals surface area (Å²) in [6.45, 7) is 0. The molecule has 0 unspecified atom stereocenters. The molecule has 0 radical (unpaired) electrons. The minimum absolute atomic E-state index is 0.0521. The minimum Gasteiger partial charge on any atom is -0.290 e. The molecule has 132 valence electrons. The van der Waals surface area contributed by atoms with Gasteiger partial charge in [0.2, 0.25) is 0 Å². The lowest BCUT2D eigenvalue weighted by Crippen LogP contribution is -2.23. The van der Waals surface area contributed by atoms with Gasteiger partial charge in [-0.2, -0.15) is 0 Å². The molecule has 9 heteroatoms. The Morgan fingerprint density at radius 3 is 2.50 bits per heavy atom. The van der Waals surface area contributed by atoms with E-state index < -0.39 is 16.6 Å². The fourth-order valence-electron chi connectivity index (χ4n) is 2.17. The zero-order valence-corrected chi connectivity index (χ0v) is 14.2. The third-order valence-corrected chi connectivity index (χ3v) is 4.59. The molecule has 1 aliphatic rings. The molecule has 0 aliphatic carbocycles. The number of nitro groups is 1. The highest BCUT2D eigenvalue weighted by Gasteiger charge is 2.30. The maximum absolute atomic E-state index is 13.7. The van der Waals surface area contributed by atoms with Gasteiger partial charge < -0.3 is 0 Å². The van der Waals surface area contributed by atoms with E-state index in [0.717, 1.165) is 17.8 Å². The van der Waals surface area contributed by atoms with E-state index in [4.69, 9.17) is 0 Å². The summed E-state index contributed by atoms with van der Waals surface area (Å²) < 4.78 is 26.7. The lowest BCUT2D eigenvalue weighted by molar-refractivity contribution is -0.384. The number of aliphatic imine (C=N–C) groups is 1. The predicted molar refractivity (Wildman–Crippen MR) is 94.9 cm³/mol. The summed E-state index contributed by atoms with van der Waals surface area (Å²) in [4.78, 5) is 28.1. The second-order valence-corrected chi connectivity index (χ2v) is 6.32. The molecule has 0 spiro atoms. The minimum atomic E-state index is -0.827. The Hall–Kier alpha value is -3.07. The monoisotopic (exact) mass is 375 g/mol. The smallest absolute Gasteiger partial charge is 0.269 e. The summed E-state index contributed by atoms with van der Waals surface area (Å²) in [6, 6.07) is 8.70. The van der Waals surface area contributed by atoms with Crippen molar-refractivity contribution in [2.24, 2.45) is 4.99 Å². The maximum atomic E-state index is 13.7. The van der Waals surface area contributed by atoms with E-state index >= 15 is 0 Å². The first-order valence-corrected chi connectivity index (χ1v) is 8.12. The first-order chi connectivity index (χ1) is 12.3. The van der Waals surface area contributed by atoms with Crippen LogP contribution in [0.1, 0.15) is 5.56 Å². The van der Waals surface area contributed by atoms with E-state index in [1.165, 1.54) is 42.3 Å². The lowest BCUT2D eigenvalue weighted by atomic mass is 10.2. The average Bonchev–Trinajstić information content (AvgIpc) is 2.86. The molecule has 1 saturated heterocycles. The van der Waals surface area contributed by atoms with Gasteiger partial charge in [0.1, 0.15) is 11.5 Å². The molecule has 6 nitrogen and oxygen atoms in total. The molecule has 1 fully saturated rings. The van der Waals surface area contributed by atoms with Gasteiger partial charge >= 0.3 is 0 Å². The first-order valence-electron chi connectivity index (χ1n) is 7.31. The number of carbonyl (C=O) groups excluding carboxylic acids is 1. The van der Waals surface area contributed by atoms with Crippen LogP contribution >= 0.6 is 11.8 Å². The highest BCUT2D eigenvalue weighted by Crippen LogP contribution is 2.33. The third-order valence-electron chi connectivity index (χ3n) is 3.53. The normalized spacial score (nSPS) is 17.3. The van der Waals surface area contributed by atoms with Crippen molar-refractivity contribution in [3.8, 4) is 0 Å². The van der Waals surface area contributed by atoms with Gasteiger partial charge in [-0.1, -0.05) is 0 Å². The maximum Gasteiger partial charge on any atom is 0.269 e. The van der Waals surface area contributed by atoms with Gasteiger partial charge in [0.05, 0.1) is 9.83 Å². The number of non-ortho nitro benzene ring substituents is 1. The van der Waals surface area contributed by atoms with Crippen molar-refractivity contribution in [3.05, 3.63) is 74.7 Å². The molecule has 3 rings (SSSR count). The number of nitro benzene ring substituents is 1. The number of hydrogen-bond acceptors (Lipinski definition) is 5. The summed E-state index contributed by atoms with van der Waals surface area (Å²) in [5, 5.41) is 10.9. The van der Waals surface area contributed by atoms with Gasteiger partial charge in [0, 0.05) is 25.2 Å². The van der Waals surface area contributed by atoms with Crippen molar-refractivity contribution in [2.75, 3.05) is 7.05 Å². The lowest BCUT2D eigenvalue weighted by Gasteiger charge is -2.07. The largest absolute Gasteiger partial charge is 0.290 e. The number of halogens is 2. The number of carbonyl (C=O) groups is 1. The van der Waals surface area contributed by atoms with Crippen molar-refractivity contribution in [1.29, 1.82) is 0 Å². The summed E-state index contributed by atoms with van der Waals surface area (Å²) in [5.41, 5.74) is 0.475. The molecule has 0 atom stereocenters. The molecule has 0 bridgehead atoms. The second kappa shape index (κ2) is 7.04. The second-order valence-electron chi connectivity index (χ2n) is 5.31. The van der Waals surface area contributed by atoms with Gasteiger partial charge in [-0.3, -0.25) is 19.8 Å². The predicted octanol–water partition coefficient (Wildman–Crippen LogP) is 4.11. The van der Waals surface area contributed by atoms with E-state index in [-0.39, 0.29) is 22.4 Å². The highest BCUT2D eigenvalue weighted by atomic mass is 32.2. The summed E-state index contributed by atoms with van der Waals surface area (Å²) in [6.07, 6.45) is 1.57. The van der Waals surface area contributed by atoms with Crippen LogP contribution in [-0.2, 0) is 4.79 Å². The van der Waals surface area contributed by atoms with Crippen LogP contribution in [0.2, 0.25) is 0 Å². The number of nitrogens with zero attached hydrogens (tertiary/aromatic N) is 3. The Morgan fingerprint density at radius 1 is 1.19 bits per heavy atom. The zero-order valence-electron chi connectivity index (χ0n) is 13.3. The van der Waals surface area contributed by atoms with Crippen molar-refractivity contribution in [2.45, 2.75) is 0 Å². The van der Waals surface area contributed by atoms with Gasteiger partial charge in [-0.25, -0.2) is 13.8 Å². The topological polar surface area (TPSA) is 75.8 Å². The van der Waals surface area contributed by atoms with Gasteiger partial charge in [0.25, 0.3) is 11.6 Å².